The van der Waals surface area contributed by atoms with Crippen molar-refractivity contribution in [3.05, 3.63) is 156 Å². The molecule has 0 aliphatic carbocycles. The third kappa shape index (κ3) is 6.76. The largest absolute Gasteiger partial charge is 0.432 e. The number of para-hydroxylation sites is 4. The lowest BCUT2D eigenvalue weighted by atomic mass is 9.71. The number of fused-ring (bicyclic) bond motifs is 6. The van der Waals surface area contributed by atoms with Crippen molar-refractivity contribution in [3.63, 3.8) is 0 Å². The highest BCUT2D eigenvalue weighted by atomic mass is 32.5. The molecular formula is C47H46O4P2S2. The molecule has 8 heteroatoms. The summed E-state index contributed by atoms with van der Waals surface area (Å²) in [5.41, 5.74) is 7.30. The number of hydrogen-bond donors (Lipinski definition) is 0. The molecule has 2 aliphatic heterocycles. The lowest BCUT2D eigenvalue weighted by Gasteiger charge is -2.38. The van der Waals surface area contributed by atoms with Crippen LogP contribution in [0.2, 0.25) is 0 Å². The van der Waals surface area contributed by atoms with E-state index in [1.807, 2.05) is 60.7 Å². The van der Waals surface area contributed by atoms with Crippen LogP contribution in [0, 0.1) is 0 Å². The minimum Gasteiger partial charge on any atom is -0.432 e. The van der Waals surface area contributed by atoms with Crippen molar-refractivity contribution in [2.45, 2.75) is 71.1 Å². The first-order chi connectivity index (χ1) is 26.8. The van der Waals surface area contributed by atoms with E-state index in [1.165, 1.54) is 5.56 Å². The minimum absolute atomic E-state index is 0.299. The van der Waals surface area contributed by atoms with Gasteiger partial charge in [0.2, 0.25) is 0 Å². The Hall–Kier alpha value is -4.18. The topological polar surface area (TPSA) is 36.9 Å². The van der Waals surface area contributed by atoms with Gasteiger partial charge in [-0.1, -0.05) is 137 Å². The molecule has 8 rings (SSSR count). The van der Waals surface area contributed by atoms with Crippen LogP contribution >= 0.6 is 13.0 Å². The average molecular weight is 801 g/mol. The van der Waals surface area contributed by atoms with Crippen molar-refractivity contribution in [2.75, 3.05) is 0 Å². The van der Waals surface area contributed by atoms with Crippen molar-refractivity contribution < 1.29 is 18.1 Å². The molecule has 0 radical (unpaired) electrons. The third-order valence-electron chi connectivity index (χ3n) is 11.5. The van der Waals surface area contributed by atoms with Gasteiger partial charge in [-0.15, -0.1) is 0 Å². The lowest BCUT2D eigenvalue weighted by Crippen LogP contribution is -2.29. The van der Waals surface area contributed by atoms with Gasteiger partial charge in [0.1, 0.15) is 23.0 Å². The Morgan fingerprint density at radius 2 is 1.04 bits per heavy atom. The van der Waals surface area contributed by atoms with E-state index in [9.17, 15) is 0 Å². The normalized spacial score (nSPS) is 18.2. The molecule has 0 N–H and O–H groups in total. The second kappa shape index (κ2) is 15.4. The molecule has 2 atom stereocenters. The quantitative estimate of drug-likeness (QED) is 0.115. The summed E-state index contributed by atoms with van der Waals surface area (Å²) >= 11 is 13.0. The predicted molar refractivity (Wildman–Crippen MR) is 236 cm³/mol. The predicted octanol–water partition coefficient (Wildman–Crippen LogP) is 13.0. The maximum atomic E-state index is 7.33. The van der Waals surface area contributed by atoms with Crippen molar-refractivity contribution in [2.24, 2.45) is 0 Å². The van der Waals surface area contributed by atoms with Gasteiger partial charge in [0, 0.05) is 33.2 Å². The summed E-state index contributed by atoms with van der Waals surface area (Å²) < 4.78 is 27.9. The van der Waals surface area contributed by atoms with Gasteiger partial charge in [-0.25, -0.2) is 0 Å². The number of benzene rings is 6. The molecule has 0 spiro atoms. The van der Waals surface area contributed by atoms with E-state index >= 15 is 0 Å². The molecule has 0 saturated carbocycles. The van der Waals surface area contributed by atoms with Crippen molar-refractivity contribution in [3.8, 4) is 45.3 Å². The van der Waals surface area contributed by atoms with Gasteiger partial charge in [-0.3, -0.25) is 0 Å². The molecule has 2 unspecified atom stereocenters. The Kier molecular flexibility index (Phi) is 10.6. The summed E-state index contributed by atoms with van der Waals surface area (Å²) in [6, 6.07) is 47.8. The van der Waals surface area contributed by atoms with E-state index in [2.05, 4.69) is 107 Å². The van der Waals surface area contributed by atoms with Crippen LogP contribution in [0.25, 0.3) is 22.3 Å². The van der Waals surface area contributed by atoms with Gasteiger partial charge in [0.15, 0.2) is 0 Å². The van der Waals surface area contributed by atoms with Crippen LogP contribution in [0.5, 0.6) is 23.0 Å². The maximum Gasteiger partial charge on any atom is 0.320 e. The highest BCUT2D eigenvalue weighted by Gasteiger charge is 2.40. The van der Waals surface area contributed by atoms with Crippen LogP contribution in [-0.4, -0.2) is 0 Å². The Labute approximate surface area is 336 Å². The molecule has 280 valence electrons. The molecule has 0 bridgehead atoms. The van der Waals surface area contributed by atoms with E-state index in [0.29, 0.717) is 12.3 Å². The van der Waals surface area contributed by atoms with Crippen molar-refractivity contribution in [1.29, 1.82) is 0 Å². The summed E-state index contributed by atoms with van der Waals surface area (Å²) in [5.74, 6) is 3.44. The zero-order chi connectivity index (χ0) is 38.2. The lowest BCUT2D eigenvalue weighted by molar-refractivity contribution is 0.373. The summed E-state index contributed by atoms with van der Waals surface area (Å²) in [7, 11) is 0. The fourth-order valence-electron chi connectivity index (χ4n) is 8.39. The molecule has 6 aromatic carbocycles. The van der Waals surface area contributed by atoms with Gasteiger partial charge in [-0.05, 0) is 103 Å². The zero-order valence-corrected chi connectivity index (χ0v) is 35.2. The van der Waals surface area contributed by atoms with E-state index in [0.717, 1.165) is 92.7 Å². The summed E-state index contributed by atoms with van der Waals surface area (Å²) in [5, 5.41) is 1.87. The monoisotopic (exact) mass is 800 g/mol. The molecule has 6 aromatic rings. The van der Waals surface area contributed by atoms with Gasteiger partial charge >= 0.3 is 13.0 Å². The molecule has 2 aliphatic rings. The van der Waals surface area contributed by atoms with Gasteiger partial charge in [0.05, 0.1) is 10.6 Å². The highest BCUT2D eigenvalue weighted by Crippen LogP contribution is 2.59. The minimum atomic E-state index is -3.04. The van der Waals surface area contributed by atoms with E-state index < -0.39 is 13.0 Å². The summed E-state index contributed by atoms with van der Waals surface area (Å²) in [4.78, 5) is 0. The molecule has 4 nitrogen and oxygen atoms in total. The van der Waals surface area contributed by atoms with Crippen LogP contribution in [0.15, 0.2) is 140 Å². The molecule has 0 fully saturated rings. The smallest absolute Gasteiger partial charge is 0.320 e. The molecule has 55 heavy (non-hydrogen) atoms. The van der Waals surface area contributed by atoms with Crippen LogP contribution in [-0.2, 0) is 35.4 Å². The Morgan fingerprint density at radius 1 is 0.545 bits per heavy atom. The molecule has 0 aromatic heterocycles. The van der Waals surface area contributed by atoms with Crippen LogP contribution in [0.1, 0.15) is 76.0 Å². The van der Waals surface area contributed by atoms with Crippen molar-refractivity contribution in [1.82, 2.24) is 0 Å². The Morgan fingerprint density at radius 3 is 1.60 bits per heavy atom. The van der Waals surface area contributed by atoms with E-state index in [4.69, 9.17) is 41.7 Å². The molecule has 0 saturated heterocycles. The first-order valence-corrected chi connectivity index (χ1v) is 24.6. The van der Waals surface area contributed by atoms with Gasteiger partial charge in [0.25, 0.3) is 0 Å². The average Bonchev–Trinajstić information content (AvgIpc) is 3.22. The molecular weight excluding hydrogens is 755 g/mol. The van der Waals surface area contributed by atoms with Gasteiger partial charge in [-0.2, -0.15) is 0 Å². The molecule has 0 amide bonds. The number of hydrogen-bond acceptors (Lipinski definition) is 6. The Bertz CT molecular complexity index is 2470. The first kappa shape index (κ1) is 37.7. The van der Waals surface area contributed by atoms with E-state index in [1.54, 1.807) is 0 Å². The Balaban J connectivity index is 1.22. The highest BCUT2D eigenvalue weighted by molar-refractivity contribution is 8.14. The molecule has 2 heterocycles. The standard InChI is InChI=1S/C47H46O4P2S2/c1-5-33(6-2)35-25-19-20-34(46(35)51-53(55)45-31-18-12-24-39(45)37-22-10-15-28-42(37)49-53)32-47(7-3,8-4)40-26-13-16-29-43(40)50-52(54)44-30-17-11-23-38(44)36-21-9-14-27-41(36)48-52/h9-31,33H,5-8,32H2,1-4H3. The second-order valence-electron chi connectivity index (χ2n) is 14.4. The van der Waals surface area contributed by atoms with Crippen molar-refractivity contribution >= 4 is 47.2 Å². The van der Waals surface area contributed by atoms with Crippen LogP contribution in [0.4, 0.5) is 0 Å². The second-order valence-corrected chi connectivity index (χ2v) is 21.0. The maximum absolute atomic E-state index is 7.33. The summed E-state index contributed by atoms with van der Waals surface area (Å²) in [6.07, 6.45) is 4.40. The number of rotatable bonds is 12. The SMILES string of the molecule is CCC(CC)c1cccc(CC(CC)(CC)c2ccccc2OP2(=S)Oc3ccccc3-c3ccccc32)c1OP1(=S)Oc2ccccc2-c2ccccc21. The summed E-state index contributed by atoms with van der Waals surface area (Å²) in [6.45, 7) is 2.99. The zero-order valence-electron chi connectivity index (χ0n) is 31.7. The fraction of sp³-hybridized carbons (Fsp3) is 0.234. The van der Waals surface area contributed by atoms with E-state index in [-0.39, 0.29) is 5.41 Å². The fourth-order valence-corrected chi connectivity index (χ4v) is 14.0. The third-order valence-corrected chi connectivity index (χ3v) is 17.3. The van der Waals surface area contributed by atoms with Gasteiger partial charge < -0.3 is 18.1 Å². The van der Waals surface area contributed by atoms with Crippen LogP contribution < -0.4 is 28.7 Å². The first-order valence-electron chi connectivity index (χ1n) is 19.3. The van der Waals surface area contributed by atoms with Crippen LogP contribution in [0.3, 0.4) is 0 Å².